The maximum absolute atomic E-state index is 9.78. The van der Waals surface area contributed by atoms with Crippen LogP contribution < -0.4 is 19.9 Å². The molecule has 0 unspecified atom stereocenters. The summed E-state index contributed by atoms with van der Waals surface area (Å²) in [5.74, 6) is 0.809. The third-order valence-electron chi connectivity index (χ3n) is 5.24. The molecule has 2 heterocycles. The molecule has 3 N–H and O–H groups in total. The molecule has 0 amide bonds. The lowest BCUT2D eigenvalue weighted by Gasteiger charge is -2.25. The minimum atomic E-state index is -0.501. The summed E-state index contributed by atoms with van der Waals surface area (Å²) in [7, 11) is 1.54. The highest BCUT2D eigenvalue weighted by Gasteiger charge is 2.36. The van der Waals surface area contributed by atoms with Crippen LogP contribution in [-0.4, -0.2) is 17.3 Å². The van der Waals surface area contributed by atoms with E-state index in [1.54, 1.807) is 24.3 Å². The molecule has 3 aromatic rings. The van der Waals surface area contributed by atoms with E-state index in [1.807, 2.05) is 19.1 Å². The number of nitrogens with two attached hydrogens (primary N) is 1. The number of H-pyrrole nitrogens is 1. The highest BCUT2D eigenvalue weighted by atomic mass is 79.9. The number of nitrogens with one attached hydrogen (secondary N) is 1. The molecule has 0 bridgehead atoms. The Morgan fingerprint density at radius 2 is 2.00 bits per heavy atom. The number of ether oxygens (including phenoxy) is 3. The number of halogens is 1. The number of methoxy groups -OCH3 is 1. The number of rotatable bonds is 5. The molecule has 0 saturated carbocycles. The zero-order chi connectivity index (χ0) is 22.8. The highest BCUT2D eigenvalue weighted by molar-refractivity contribution is 9.10. The first-order chi connectivity index (χ1) is 15.5. The zero-order valence-corrected chi connectivity index (χ0v) is 18.9. The molecule has 0 radical (unpaired) electrons. The molecule has 1 aromatic heterocycles. The van der Waals surface area contributed by atoms with E-state index in [1.165, 1.54) is 7.11 Å². The molecule has 0 aliphatic carbocycles. The van der Waals surface area contributed by atoms with E-state index in [9.17, 15) is 10.5 Å². The number of nitrogens with zero attached hydrogens (tertiary/aromatic N) is 3. The Morgan fingerprint density at radius 3 is 2.72 bits per heavy atom. The van der Waals surface area contributed by atoms with Crippen LogP contribution in [0.1, 0.15) is 33.9 Å². The molecule has 1 aliphatic heterocycles. The summed E-state index contributed by atoms with van der Waals surface area (Å²) >= 11 is 3.61. The Morgan fingerprint density at radius 1 is 1.22 bits per heavy atom. The van der Waals surface area contributed by atoms with E-state index in [4.69, 9.17) is 19.9 Å². The van der Waals surface area contributed by atoms with Crippen LogP contribution in [0.25, 0.3) is 0 Å². The molecule has 32 heavy (non-hydrogen) atoms. The monoisotopic (exact) mass is 491 g/mol. The fraction of sp³-hybridized carbons (Fsp3) is 0.174. The van der Waals surface area contributed by atoms with Crippen LogP contribution in [0.15, 0.2) is 52.3 Å². The Hall–Kier alpha value is -3.95. The predicted molar refractivity (Wildman–Crippen MR) is 119 cm³/mol. The smallest absolute Gasteiger partial charge is 0.244 e. The van der Waals surface area contributed by atoms with Crippen molar-refractivity contribution in [3.63, 3.8) is 0 Å². The third kappa shape index (κ3) is 3.64. The van der Waals surface area contributed by atoms with E-state index in [-0.39, 0.29) is 18.1 Å². The molecule has 8 nitrogen and oxygen atoms in total. The Labute approximate surface area is 193 Å². The number of benzene rings is 2. The van der Waals surface area contributed by atoms with Crippen LogP contribution in [0.2, 0.25) is 0 Å². The van der Waals surface area contributed by atoms with Gasteiger partial charge in [-0.2, -0.15) is 10.5 Å². The summed E-state index contributed by atoms with van der Waals surface area (Å²) in [4.78, 5) is 0. The van der Waals surface area contributed by atoms with Gasteiger partial charge in [-0.15, -0.1) is 5.10 Å². The molecule has 9 heteroatoms. The standard InChI is InChI=1S/C23H18BrN5O3/c1-12-20-21(16(10-26)22(27)32-23(20)29-28-12)15-7-18(30-2)19(8-17(15)24)31-11-14-6-4-3-5-13(14)9-25/h3-8,21H,11,27H2,1-2H3,(H,28,29)/t21-/m1/s1. The predicted octanol–water partition coefficient (Wildman–Crippen LogP) is 4.16. The Kier molecular flexibility index (Phi) is 5.76. The molecule has 0 saturated heterocycles. The number of hydrogen-bond acceptors (Lipinski definition) is 7. The van der Waals surface area contributed by atoms with Gasteiger partial charge in [-0.05, 0) is 30.7 Å². The number of aromatic amines is 1. The molecule has 4 rings (SSSR count). The van der Waals surface area contributed by atoms with Gasteiger partial charge in [-0.25, -0.2) is 0 Å². The molecule has 1 atom stereocenters. The van der Waals surface area contributed by atoms with Gasteiger partial charge < -0.3 is 19.9 Å². The van der Waals surface area contributed by atoms with Crippen LogP contribution in [0.5, 0.6) is 17.4 Å². The molecule has 0 spiro atoms. The van der Waals surface area contributed by atoms with E-state index < -0.39 is 5.92 Å². The quantitative estimate of drug-likeness (QED) is 0.547. The summed E-state index contributed by atoms with van der Waals surface area (Å²) in [5, 5.41) is 26.1. The lowest BCUT2D eigenvalue weighted by molar-refractivity contribution is 0.283. The molecule has 1 aliphatic rings. The van der Waals surface area contributed by atoms with Crippen molar-refractivity contribution < 1.29 is 14.2 Å². The first-order valence-electron chi connectivity index (χ1n) is 9.59. The number of aryl methyl sites for hydroxylation is 1. The number of nitriles is 2. The van der Waals surface area contributed by atoms with Crippen molar-refractivity contribution in [1.29, 1.82) is 10.5 Å². The van der Waals surface area contributed by atoms with Crippen LogP contribution in [0.4, 0.5) is 0 Å². The van der Waals surface area contributed by atoms with E-state index in [0.717, 1.165) is 22.4 Å². The number of hydrogen-bond donors (Lipinski definition) is 2. The van der Waals surface area contributed by atoms with E-state index in [2.05, 4.69) is 38.3 Å². The molecule has 160 valence electrons. The van der Waals surface area contributed by atoms with Gasteiger partial charge >= 0.3 is 0 Å². The van der Waals surface area contributed by atoms with E-state index >= 15 is 0 Å². The third-order valence-corrected chi connectivity index (χ3v) is 5.93. The number of aromatic nitrogens is 2. The highest BCUT2D eigenvalue weighted by Crippen LogP contribution is 2.47. The largest absolute Gasteiger partial charge is 0.493 e. The van der Waals surface area contributed by atoms with Crippen molar-refractivity contribution >= 4 is 15.9 Å². The average molecular weight is 492 g/mol. The van der Waals surface area contributed by atoms with Gasteiger partial charge in [0.05, 0.1) is 24.7 Å². The van der Waals surface area contributed by atoms with Gasteiger partial charge in [-0.3, -0.25) is 5.10 Å². The molecular weight excluding hydrogens is 474 g/mol. The SMILES string of the molecule is COc1cc([C@@H]2C(C#N)=C(N)Oc3n[nH]c(C)c32)c(Br)cc1OCc1ccccc1C#N. The lowest BCUT2D eigenvalue weighted by Crippen LogP contribution is -2.21. The van der Waals surface area contributed by atoms with Gasteiger partial charge in [0, 0.05) is 21.3 Å². The second-order valence-electron chi connectivity index (χ2n) is 7.07. The summed E-state index contributed by atoms with van der Waals surface area (Å²) in [6.45, 7) is 2.05. The second kappa shape index (κ2) is 8.66. The van der Waals surface area contributed by atoms with E-state index in [0.29, 0.717) is 27.4 Å². The summed E-state index contributed by atoms with van der Waals surface area (Å²) in [5.41, 5.74) is 9.86. The van der Waals surface area contributed by atoms with Gasteiger partial charge in [0.25, 0.3) is 0 Å². The van der Waals surface area contributed by atoms with Crippen molar-refractivity contribution in [2.24, 2.45) is 5.73 Å². The maximum Gasteiger partial charge on any atom is 0.244 e. The van der Waals surface area contributed by atoms with Crippen LogP contribution in [0.3, 0.4) is 0 Å². The van der Waals surface area contributed by atoms with Gasteiger partial charge in [-0.1, -0.05) is 34.1 Å². The average Bonchev–Trinajstić information content (AvgIpc) is 3.17. The fourth-order valence-electron chi connectivity index (χ4n) is 3.66. The molecule has 2 aromatic carbocycles. The van der Waals surface area contributed by atoms with Crippen molar-refractivity contribution in [1.82, 2.24) is 10.2 Å². The first-order valence-corrected chi connectivity index (χ1v) is 10.4. The van der Waals surface area contributed by atoms with Crippen LogP contribution in [-0.2, 0) is 6.61 Å². The molecular formula is C23H18BrN5O3. The first kappa shape index (κ1) is 21.3. The summed E-state index contributed by atoms with van der Waals surface area (Å²) in [6.07, 6.45) is 0. The minimum absolute atomic E-state index is 0.0100. The lowest BCUT2D eigenvalue weighted by atomic mass is 9.84. The number of allylic oxidation sites excluding steroid dienone is 1. The van der Waals surface area contributed by atoms with Crippen molar-refractivity contribution in [2.45, 2.75) is 19.4 Å². The minimum Gasteiger partial charge on any atom is -0.493 e. The summed E-state index contributed by atoms with van der Waals surface area (Å²) in [6, 6.07) is 15.1. The van der Waals surface area contributed by atoms with Gasteiger partial charge in [0.15, 0.2) is 11.5 Å². The second-order valence-corrected chi connectivity index (χ2v) is 7.93. The molecule has 0 fully saturated rings. The summed E-state index contributed by atoms with van der Waals surface area (Å²) < 4.78 is 17.8. The van der Waals surface area contributed by atoms with Crippen LogP contribution >= 0.6 is 15.9 Å². The zero-order valence-electron chi connectivity index (χ0n) is 17.3. The van der Waals surface area contributed by atoms with Gasteiger partial charge in [0.2, 0.25) is 11.8 Å². The van der Waals surface area contributed by atoms with Crippen molar-refractivity contribution in [3.8, 4) is 29.5 Å². The van der Waals surface area contributed by atoms with Gasteiger partial charge in [0.1, 0.15) is 18.2 Å². The Bertz CT molecular complexity index is 1320. The fourth-order valence-corrected chi connectivity index (χ4v) is 4.22. The van der Waals surface area contributed by atoms with Crippen molar-refractivity contribution in [2.75, 3.05) is 7.11 Å². The van der Waals surface area contributed by atoms with Crippen molar-refractivity contribution in [3.05, 3.63) is 80.3 Å². The normalized spacial score (nSPS) is 14.7. The Balaban J connectivity index is 1.75. The topological polar surface area (TPSA) is 130 Å². The maximum atomic E-state index is 9.78. The van der Waals surface area contributed by atoms with Crippen LogP contribution in [0, 0.1) is 29.6 Å². The number of fused-ring (bicyclic) bond motifs is 1.